The number of unbranched alkanes of at least 4 members (excludes halogenated alkanes) is 1. The van der Waals surface area contributed by atoms with Gasteiger partial charge in [-0.15, -0.1) is 11.3 Å². The Morgan fingerprint density at radius 1 is 1.37 bits per heavy atom. The summed E-state index contributed by atoms with van der Waals surface area (Å²) in [7, 11) is -1.29. The van der Waals surface area contributed by atoms with E-state index < -0.39 is 10.0 Å². The van der Waals surface area contributed by atoms with Crippen molar-refractivity contribution in [3.05, 3.63) is 22.4 Å². The van der Waals surface area contributed by atoms with Gasteiger partial charge in [0.25, 0.3) is 0 Å². The first-order valence-corrected chi connectivity index (χ1v) is 9.12. The highest BCUT2D eigenvalue weighted by Crippen LogP contribution is 2.18. The number of nitrogens with one attached hydrogen (secondary N) is 1. The lowest BCUT2D eigenvalue weighted by Gasteiger charge is -2.25. The van der Waals surface area contributed by atoms with Crippen LogP contribution in [0.4, 0.5) is 0 Å². The molecule has 19 heavy (non-hydrogen) atoms. The van der Waals surface area contributed by atoms with Crippen molar-refractivity contribution in [1.29, 1.82) is 0 Å². The van der Waals surface area contributed by atoms with E-state index in [0.717, 1.165) is 17.8 Å². The zero-order chi connectivity index (χ0) is 14.3. The molecule has 0 aliphatic rings. The second-order valence-corrected chi connectivity index (χ2v) is 7.92. The van der Waals surface area contributed by atoms with E-state index in [2.05, 4.69) is 5.32 Å². The fourth-order valence-electron chi connectivity index (χ4n) is 1.86. The van der Waals surface area contributed by atoms with Crippen LogP contribution in [0, 0.1) is 0 Å². The van der Waals surface area contributed by atoms with Crippen LogP contribution >= 0.6 is 11.3 Å². The van der Waals surface area contributed by atoms with Gasteiger partial charge in [0.2, 0.25) is 10.0 Å². The first kappa shape index (κ1) is 16.6. The predicted molar refractivity (Wildman–Crippen MR) is 81.9 cm³/mol. The fraction of sp³-hybridized carbons (Fsp3) is 0.692. The van der Waals surface area contributed by atoms with Crippen molar-refractivity contribution in [1.82, 2.24) is 9.62 Å². The topological polar surface area (TPSA) is 49.4 Å². The molecular formula is C13H24N2O2S2. The number of rotatable bonds is 9. The fourth-order valence-corrected chi connectivity index (χ4v) is 4.43. The van der Waals surface area contributed by atoms with Gasteiger partial charge in [0.15, 0.2) is 0 Å². The molecule has 110 valence electrons. The van der Waals surface area contributed by atoms with Gasteiger partial charge in [-0.1, -0.05) is 6.07 Å². The van der Waals surface area contributed by atoms with Crippen LogP contribution in [0.1, 0.15) is 31.6 Å². The molecule has 1 rings (SSSR count). The minimum Gasteiger partial charge on any atom is -0.320 e. The molecule has 0 saturated heterocycles. The molecule has 0 aromatic carbocycles. The minimum absolute atomic E-state index is 0.00333. The Balaban J connectivity index is 2.63. The lowest BCUT2D eigenvalue weighted by Crippen LogP contribution is -2.37. The zero-order valence-electron chi connectivity index (χ0n) is 11.9. The number of sulfonamides is 1. The summed E-state index contributed by atoms with van der Waals surface area (Å²) >= 11 is 1.60. The van der Waals surface area contributed by atoms with Gasteiger partial charge < -0.3 is 5.32 Å². The van der Waals surface area contributed by atoms with Crippen molar-refractivity contribution in [3.63, 3.8) is 0 Å². The lowest BCUT2D eigenvalue weighted by atomic mass is 10.3. The molecule has 1 heterocycles. The summed E-state index contributed by atoms with van der Waals surface area (Å²) in [5, 5.41) is 5.02. The molecule has 1 aromatic heterocycles. The Kier molecular flexibility index (Phi) is 6.99. The lowest BCUT2D eigenvalue weighted by molar-refractivity contribution is 0.350. The largest absolute Gasteiger partial charge is 0.320 e. The van der Waals surface area contributed by atoms with Gasteiger partial charge in [0.1, 0.15) is 0 Å². The first-order valence-electron chi connectivity index (χ1n) is 6.64. The van der Waals surface area contributed by atoms with Gasteiger partial charge >= 0.3 is 0 Å². The second-order valence-electron chi connectivity index (χ2n) is 4.85. The maximum Gasteiger partial charge on any atom is 0.214 e. The highest BCUT2D eigenvalue weighted by atomic mass is 32.2. The average Bonchev–Trinajstić information content (AvgIpc) is 2.84. The van der Waals surface area contributed by atoms with E-state index in [1.807, 2.05) is 38.4 Å². The minimum atomic E-state index is -3.17. The molecule has 0 aliphatic heterocycles. The predicted octanol–water partition coefficient (Wildman–Crippen LogP) is 2.29. The van der Waals surface area contributed by atoms with E-state index in [1.54, 1.807) is 15.6 Å². The zero-order valence-corrected chi connectivity index (χ0v) is 13.6. The molecule has 0 fully saturated rings. The number of thiophene rings is 1. The Morgan fingerprint density at radius 2 is 2.11 bits per heavy atom. The summed E-state index contributed by atoms with van der Waals surface area (Å²) in [6.45, 7) is 5.21. The van der Waals surface area contributed by atoms with Crippen LogP contribution in [0.3, 0.4) is 0 Å². The summed E-state index contributed by atoms with van der Waals surface area (Å²) in [6.07, 6.45) is 1.59. The van der Waals surface area contributed by atoms with Crippen LogP contribution in [-0.4, -0.2) is 38.1 Å². The third-order valence-electron chi connectivity index (χ3n) is 2.90. The van der Waals surface area contributed by atoms with Gasteiger partial charge in [-0.25, -0.2) is 8.42 Å². The van der Waals surface area contributed by atoms with E-state index in [9.17, 15) is 8.42 Å². The van der Waals surface area contributed by atoms with Crippen molar-refractivity contribution in [2.24, 2.45) is 0 Å². The molecule has 0 saturated carbocycles. The molecule has 6 heteroatoms. The van der Waals surface area contributed by atoms with Gasteiger partial charge in [-0.3, -0.25) is 0 Å². The van der Waals surface area contributed by atoms with Crippen molar-refractivity contribution in [2.45, 2.75) is 39.3 Å². The molecule has 0 aliphatic carbocycles. The number of hydrogen-bond donors (Lipinski definition) is 1. The SMILES string of the molecule is CNCCCCS(=O)(=O)N(Cc1cccs1)C(C)C. The molecule has 0 radical (unpaired) electrons. The highest BCUT2D eigenvalue weighted by molar-refractivity contribution is 7.89. The second kappa shape index (κ2) is 7.99. The van der Waals surface area contributed by atoms with Crippen LogP contribution in [0.25, 0.3) is 0 Å². The smallest absolute Gasteiger partial charge is 0.214 e. The van der Waals surface area contributed by atoms with Gasteiger partial charge in [-0.05, 0) is 51.7 Å². The molecule has 4 nitrogen and oxygen atoms in total. The Labute approximate surface area is 120 Å². The highest BCUT2D eigenvalue weighted by Gasteiger charge is 2.24. The summed E-state index contributed by atoms with van der Waals surface area (Å²) < 4.78 is 26.4. The maximum atomic E-state index is 12.4. The quantitative estimate of drug-likeness (QED) is 0.712. The van der Waals surface area contributed by atoms with Crippen molar-refractivity contribution >= 4 is 21.4 Å². The van der Waals surface area contributed by atoms with E-state index in [0.29, 0.717) is 13.0 Å². The van der Waals surface area contributed by atoms with Gasteiger partial charge in [0.05, 0.1) is 5.75 Å². The molecule has 1 aromatic rings. The van der Waals surface area contributed by atoms with Crippen LogP contribution < -0.4 is 5.32 Å². The number of nitrogens with zero attached hydrogens (tertiary/aromatic N) is 1. The van der Waals surface area contributed by atoms with Gasteiger partial charge in [0, 0.05) is 17.5 Å². The molecule has 0 spiro atoms. The van der Waals surface area contributed by atoms with Crippen molar-refractivity contribution in [3.8, 4) is 0 Å². The summed E-state index contributed by atoms with van der Waals surface area (Å²) in [5.74, 6) is 0.234. The van der Waals surface area contributed by atoms with E-state index in [-0.39, 0.29) is 11.8 Å². The maximum absolute atomic E-state index is 12.4. The summed E-state index contributed by atoms with van der Waals surface area (Å²) in [5.41, 5.74) is 0. The standard InChI is InChI=1S/C13H24N2O2S2/c1-12(2)15(11-13-7-6-9-18-13)19(16,17)10-5-4-8-14-3/h6-7,9,12,14H,4-5,8,10-11H2,1-3H3. The third-order valence-corrected chi connectivity index (χ3v) is 5.84. The summed E-state index contributed by atoms with van der Waals surface area (Å²) in [4.78, 5) is 1.09. The molecule has 0 atom stereocenters. The molecule has 0 bridgehead atoms. The third kappa shape index (κ3) is 5.60. The van der Waals surface area contributed by atoms with E-state index in [1.165, 1.54) is 0 Å². The summed E-state index contributed by atoms with van der Waals surface area (Å²) in [6, 6.07) is 3.94. The van der Waals surface area contributed by atoms with Crippen LogP contribution in [0.2, 0.25) is 0 Å². The molecule has 0 amide bonds. The Bertz CT molecular complexity index is 441. The Morgan fingerprint density at radius 3 is 2.63 bits per heavy atom. The van der Waals surface area contributed by atoms with E-state index in [4.69, 9.17) is 0 Å². The normalized spacial score (nSPS) is 12.5. The monoisotopic (exact) mass is 304 g/mol. The average molecular weight is 304 g/mol. The number of hydrogen-bond acceptors (Lipinski definition) is 4. The van der Waals surface area contributed by atoms with Crippen LogP contribution in [0.15, 0.2) is 17.5 Å². The molecule has 1 N–H and O–H groups in total. The van der Waals surface area contributed by atoms with Crippen LogP contribution in [-0.2, 0) is 16.6 Å². The van der Waals surface area contributed by atoms with E-state index >= 15 is 0 Å². The molecule has 0 unspecified atom stereocenters. The van der Waals surface area contributed by atoms with Gasteiger partial charge in [-0.2, -0.15) is 4.31 Å². The molecular weight excluding hydrogens is 280 g/mol. The Hall–Kier alpha value is -0.430. The van der Waals surface area contributed by atoms with Crippen molar-refractivity contribution < 1.29 is 8.42 Å². The first-order chi connectivity index (χ1) is 8.97. The van der Waals surface area contributed by atoms with Crippen LogP contribution in [0.5, 0.6) is 0 Å². The van der Waals surface area contributed by atoms with Crippen molar-refractivity contribution in [2.75, 3.05) is 19.3 Å².